The molecule has 0 fully saturated rings. The zero-order valence-corrected chi connectivity index (χ0v) is 11.9. The molecule has 0 aromatic heterocycles. The van der Waals surface area contributed by atoms with E-state index in [-0.39, 0.29) is 5.60 Å². The van der Waals surface area contributed by atoms with Crippen molar-refractivity contribution in [3.63, 3.8) is 0 Å². The van der Waals surface area contributed by atoms with Crippen molar-refractivity contribution in [2.24, 2.45) is 0 Å². The van der Waals surface area contributed by atoms with Crippen LogP contribution in [0.1, 0.15) is 65.4 Å². The smallest absolute Gasteiger partial charge is 0.123 e. The van der Waals surface area contributed by atoms with Crippen LogP contribution in [-0.4, -0.2) is 5.60 Å². The number of para-hydroxylation sites is 1. The highest BCUT2D eigenvalue weighted by molar-refractivity contribution is 5.36. The molecular weight excluding hydrogens is 208 g/mol. The Morgan fingerprint density at radius 2 is 1.76 bits per heavy atom. The minimum absolute atomic E-state index is 0.124. The monoisotopic (exact) mass is 234 g/mol. The SMILES string of the molecule is CCCC(CC)c1ccccc1OC(C)(C)C. The van der Waals surface area contributed by atoms with Gasteiger partial charge >= 0.3 is 0 Å². The lowest BCUT2D eigenvalue weighted by Gasteiger charge is -2.26. The third-order valence-electron chi connectivity index (χ3n) is 2.90. The summed E-state index contributed by atoms with van der Waals surface area (Å²) in [7, 11) is 0. The van der Waals surface area contributed by atoms with Gasteiger partial charge in [0.25, 0.3) is 0 Å². The number of hydrogen-bond donors (Lipinski definition) is 0. The van der Waals surface area contributed by atoms with E-state index >= 15 is 0 Å². The van der Waals surface area contributed by atoms with Crippen LogP contribution < -0.4 is 4.74 Å². The number of ether oxygens (including phenoxy) is 1. The second kappa shape index (κ2) is 6.09. The Kier molecular flexibility index (Phi) is 5.04. The molecule has 0 saturated heterocycles. The van der Waals surface area contributed by atoms with E-state index in [1.165, 1.54) is 24.8 Å². The third-order valence-corrected chi connectivity index (χ3v) is 2.90. The molecule has 0 radical (unpaired) electrons. The maximum absolute atomic E-state index is 6.06. The average molecular weight is 234 g/mol. The molecule has 0 aliphatic rings. The van der Waals surface area contributed by atoms with Crippen LogP contribution in [-0.2, 0) is 0 Å². The first-order chi connectivity index (χ1) is 7.98. The van der Waals surface area contributed by atoms with Gasteiger partial charge in [0, 0.05) is 0 Å². The fraction of sp³-hybridized carbons (Fsp3) is 0.625. The van der Waals surface area contributed by atoms with Crippen molar-refractivity contribution in [3.05, 3.63) is 29.8 Å². The molecule has 17 heavy (non-hydrogen) atoms. The van der Waals surface area contributed by atoms with Crippen LogP contribution in [0, 0.1) is 0 Å². The first-order valence-electron chi connectivity index (χ1n) is 6.75. The fourth-order valence-corrected chi connectivity index (χ4v) is 2.17. The van der Waals surface area contributed by atoms with E-state index in [2.05, 4.69) is 58.9 Å². The molecule has 0 saturated carbocycles. The highest BCUT2D eigenvalue weighted by Crippen LogP contribution is 2.33. The molecule has 1 heteroatoms. The van der Waals surface area contributed by atoms with Crippen molar-refractivity contribution in [1.82, 2.24) is 0 Å². The Balaban J connectivity index is 2.97. The summed E-state index contributed by atoms with van der Waals surface area (Å²) in [6.07, 6.45) is 3.64. The van der Waals surface area contributed by atoms with Crippen LogP contribution in [0.15, 0.2) is 24.3 Å². The molecular formula is C16H26O. The van der Waals surface area contributed by atoms with Gasteiger partial charge in [-0.15, -0.1) is 0 Å². The maximum atomic E-state index is 6.06. The summed E-state index contributed by atoms with van der Waals surface area (Å²) in [6.45, 7) is 10.8. The fourth-order valence-electron chi connectivity index (χ4n) is 2.17. The van der Waals surface area contributed by atoms with Crippen LogP contribution in [0.4, 0.5) is 0 Å². The summed E-state index contributed by atoms with van der Waals surface area (Å²) in [5, 5.41) is 0. The molecule has 1 aromatic carbocycles. The number of rotatable bonds is 5. The quantitative estimate of drug-likeness (QED) is 0.684. The topological polar surface area (TPSA) is 9.23 Å². The predicted octanol–water partition coefficient (Wildman–Crippen LogP) is 5.16. The normalized spacial score (nSPS) is 13.5. The van der Waals surface area contributed by atoms with E-state index in [4.69, 9.17) is 4.74 Å². The van der Waals surface area contributed by atoms with Gasteiger partial charge in [-0.3, -0.25) is 0 Å². The molecule has 96 valence electrons. The third kappa shape index (κ3) is 4.41. The zero-order valence-electron chi connectivity index (χ0n) is 11.9. The van der Waals surface area contributed by atoms with E-state index in [1.54, 1.807) is 0 Å². The van der Waals surface area contributed by atoms with Crippen molar-refractivity contribution in [2.45, 2.75) is 65.4 Å². The first-order valence-corrected chi connectivity index (χ1v) is 6.75. The molecule has 0 spiro atoms. The summed E-state index contributed by atoms with van der Waals surface area (Å²) in [6, 6.07) is 8.48. The van der Waals surface area contributed by atoms with Gasteiger partial charge in [-0.05, 0) is 51.2 Å². The van der Waals surface area contributed by atoms with Crippen molar-refractivity contribution < 1.29 is 4.74 Å². The highest BCUT2D eigenvalue weighted by Gasteiger charge is 2.18. The second-order valence-corrected chi connectivity index (χ2v) is 5.65. The Hall–Kier alpha value is -0.980. The van der Waals surface area contributed by atoms with Gasteiger partial charge in [0.2, 0.25) is 0 Å². The van der Waals surface area contributed by atoms with Crippen LogP contribution in [0.5, 0.6) is 5.75 Å². The molecule has 1 aromatic rings. The maximum Gasteiger partial charge on any atom is 0.123 e. The lowest BCUT2D eigenvalue weighted by molar-refractivity contribution is 0.128. The van der Waals surface area contributed by atoms with E-state index in [0.29, 0.717) is 5.92 Å². The van der Waals surface area contributed by atoms with Gasteiger partial charge in [0.15, 0.2) is 0 Å². The minimum Gasteiger partial charge on any atom is -0.488 e. The molecule has 1 atom stereocenters. The molecule has 0 aliphatic heterocycles. The molecule has 0 heterocycles. The predicted molar refractivity (Wildman–Crippen MR) is 74.8 cm³/mol. The van der Waals surface area contributed by atoms with Gasteiger partial charge in [0.05, 0.1) is 0 Å². The molecule has 0 aliphatic carbocycles. The van der Waals surface area contributed by atoms with Crippen molar-refractivity contribution >= 4 is 0 Å². The standard InChI is InChI=1S/C16H26O/c1-6-10-13(7-2)14-11-8-9-12-15(14)17-16(3,4)5/h8-9,11-13H,6-7,10H2,1-5H3. The summed E-state index contributed by atoms with van der Waals surface area (Å²) in [4.78, 5) is 0. The highest BCUT2D eigenvalue weighted by atomic mass is 16.5. The van der Waals surface area contributed by atoms with Gasteiger partial charge in [-0.25, -0.2) is 0 Å². The lowest BCUT2D eigenvalue weighted by atomic mass is 9.91. The Morgan fingerprint density at radius 1 is 1.12 bits per heavy atom. The zero-order chi connectivity index (χ0) is 12.9. The van der Waals surface area contributed by atoms with Gasteiger partial charge in [-0.1, -0.05) is 38.5 Å². The summed E-state index contributed by atoms with van der Waals surface area (Å²) < 4.78 is 6.06. The molecule has 1 rings (SSSR count). The minimum atomic E-state index is -0.124. The average Bonchev–Trinajstić information content (AvgIpc) is 2.25. The van der Waals surface area contributed by atoms with E-state index in [9.17, 15) is 0 Å². The van der Waals surface area contributed by atoms with Crippen LogP contribution in [0.3, 0.4) is 0 Å². The molecule has 0 bridgehead atoms. The van der Waals surface area contributed by atoms with E-state index < -0.39 is 0 Å². The van der Waals surface area contributed by atoms with Crippen LogP contribution in [0.2, 0.25) is 0 Å². The second-order valence-electron chi connectivity index (χ2n) is 5.65. The largest absolute Gasteiger partial charge is 0.488 e. The lowest BCUT2D eigenvalue weighted by Crippen LogP contribution is -2.24. The van der Waals surface area contributed by atoms with E-state index in [1.807, 2.05) is 0 Å². The summed E-state index contributed by atoms with van der Waals surface area (Å²) in [5.74, 6) is 1.68. The van der Waals surface area contributed by atoms with Crippen LogP contribution >= 0.6 is 0 Å². The Bertz CT molecular complexity index is 336. The van der Waals surface area contributed by atoms with Crippen molar-refractivity contribution in [1.29, 1.82) is 0 Å². The molecule has 0 amide bonds. The van der Waals surface area contributed by atoms with Gasteiger partial charge in [0.1, 0.15) is 11.4 Å². The van der Waals surface area contributed by atoms with Gasteiger partial charge in [-0.2, -0.15) is 0 Å². The number of benzene rings is 1. The van der Waals surface area contributed by atoms with Gasteiger partial charge < -0.3 is 4.74 Å². The summed E-state index contributed by atoms with van der Waals surface area (Å²) in [5.41, 5.74) is 1.24. The summed E-state index contributed by atoms with van der Waals surface area (Å²) >= 11 is 0. The molecule has 1 nitrogen and oxygen atoms in total. The molecule has 0 N–H and O–H groups in total. The van der Waals surface area contributed by atoms with Crippen LogP contribution in [0.25, 0.3) is 0 Å². The Labute approximate surface area is 106 Å². The van der Waals surface area contributed by atoms with E-state index in [0.717, 1.165) is 5.75 Å². The van der Waals surface area contributed by atoms with Crippen molar-refractivity contribution in [2.75, 3.05) is 0 Å². The molecule has 1 unspecified atom stereocenters. The Morgan fingerprint density at radius 3 is 2.29 bits per heavy atom. The van der Waals surface area contributed by atoms with Crippen molar-refractivity contribution in [3.8, 4) is 5.75 Å². The number of hydrogen-bond acceptors (Lipinski definition) is 1. The first kappa shape index (κ1) is 14.1.